The van der Waals surface area contributed by atoms with Gasteiger partial charge in [-0.2, -0.15) is 4.31 Å². The highest BCUT2D eigenvalue weighted by atomic mass is 32.2. The van der Waals surface area contributed by atoms with Crippen molar-refractivity contribution >= 4 is 21.7 Å². The first-order valence-corrected chi connectivity index (χ1v) is 9.84. The lowest BCUT2D eigenvalue weighted by molar-refractivity contribution is 0.383. The molecule has 0 N–H and O–H groups in total. The Balaban J connectivity index is 1.61. The summed E-state index contributed by atoms with van der Waals surface area (Å²) in [5.41, 5.74) is 0.815. The lowest BCUT2D eigenvalue weighted by Gasteiger charge is -2.34. The van der Waals surface area contributed by atoms with Crippen LogP contribution in [0.3, 0.4) is 0 Å². The van der Waals surface area contributed by atoms with E-state index in [4.69, 9.17) is 0 Å². The summed E-state index contributed by atoms with van der Waals surface area (Å²) in [4.78, 5) is 3.96. The van der Waals surface area contributed by atoms with E-state index in [9.17, 15) is 8.42 Å². The Morgan fingerprint density at radius 1 is 0.960 bits per heavy atom. The lowest BCUT2D eigenvalue weighted by Crippen LogP contribution is -2.49. The molecule has 0 amide bonds. The van der Waals surface area contributed by atoms with Crippen LogP contribution in [-0.2, 0) is 15.8 Å². The molecular formula is C17H23N5O2S. The fraction of sp³-hybridized carbons (Fsp3) is 0.412. The van der Waals surface area contributed by atoms with E-state index in [1.165, 1.54) is 0 Å². The molecule has 0 bridgehead atoms. The second kappa shape index (κ2) is 7.37. The minimum atomic E-state index is -3.30. The van der Waals surface area contributed by atoms with Crippen LogP contribution in [0.1, 0.15) is 5.56 Å². The molecule has 3 rings (SSSR count). The summed E-state index contributed by atoms with van der Waals surface area (Å²) in [7, 11) is 0.537. The van der Waals surface area contributed by atoms with Gasteiger partial charge in [0.2, 0.25) is 10.0 Å². The Morgan fingerprint density at radius 2 is 1.64 bits per heavy atom. The number of sulfonamides is 1. The Hall–Kier alpha value is -2.19. The second-order valence-electron chi connectivity index (χ2n) is 6.27. The van der Waals surface area contributed by atoms with Crippen LogP contribution in [0.4, 0.5) is 11.6 Å². The molecule has 8 heteroatoms. The number of hydrogen-bond acceptors (Lipinski definition) is 6. The zero-order valence-corrected chi connectivity index (χ0v) is 15.4. The maximum absolute atomic E-state index is 12.6. The van der Waals surface area contributed by atoms with E-state index < -0.39 is 10.0 Å². The molecule has 1 saturated heterocycles. The van der Waals surface area contributed by atoms with Gasteiger partial charge < -0.3 is 9.80 Å². The molecule has 1 aliphatic heterocycles. The lowest BCUT2D eigenvalue weighted by atomic mass is 10.2. The predicted molar refractivity (Wildman–Crippen MR) is 99.2 cm³/mol. The number of aromatic nitrogens is 2. The van der Waals surface area contributed by atoms with Crippen LogP contribution in [0.25, 0.3) is 0 Å². The third-order valence-electron chi connectivity index (χ3n) is 4.24. The van der Waals surface area contributed by atoms with E-state index in [-0.39, 0.29) is 5.75 Å². The van der Waals surface area contributed by atoms with Gasteiger partial charge in [0.25, 0.3) is 0 Å². The van der Waals surface area contributed by atoms with Crippen LogP contribution in [0.15, 0.2) is 42.5 Å². The van der Waals surface area contributed by atoms with E-state index in [0.717, 1.165) is 17.2 Å². The number of piperazine rings is 1. The molecule has 7 nitrogen and oxygen atoms in total. The topological polar surface area (TPSA) is 69.6 Å². The molecule has 1 aliphatic rings. The first kappa shape index (κ1) is 17.6. The molecule has 1 aromatic carbocycles. The highest BCUT2D eigenvalue weighted by molar-refractivity contribution is 7.88. The van der Waals surface area contributed by atoms with Crippen molar-refractivity contribution in [2.45, 2.75) is 5.75 Å². The number of hydrogen-bond donors (Lipinski definition) is 0. The predicted octanol–water partition coefficient (Wildman–Crippen LogP) is 1.19. The van der Waals surface area contributed by atoms with Gasteiger partial charge in [-0.15, -0.1) is 10.2 Å². The van der Waals surface area contributed by atoms with Crippen LogP contribution < -0.4 is 9.80 Å². The van der Waals surface area contributed by atoms with Gasteiger partial charge >= 0.3 is 0 Å². The van der Waals surface area contributed by atoms with E-state index in [1.54, 1.807) is 4.31 Å². The van der Waals surface area contributed by atoms with Crippen molar-refractivity contribution in [3.8, 4) is 0 Å². The quantitative estimate of drug-likeness (QED) is 0.797. The average molecular weight is 361 g/mol. The number of benzene rings is 1. The third kappa shape index (κ3) is 4.26. The van der Waals surface area contributed by atoms with Gasteiger partial charge in [0.15, 0.2) is 11.6 Å². The SMILES string of the molecule is CN(C)c1ccc(N2CCN(S(=O)(=O)Cc3ccccc3)CC2)nn1. The zero-order valence-electron chi connectivity index (χ0n) is 14.5. The molecule has 0 saturated carbocycles. The maximum atomic E-state index is 12.6. The minimum absolute atomic E-state index is 0.0468. The molecule has 2 aromatic rings. The van der Waals surface area contributed by atoms with Crippen molar-refractivity contribution in [2.24, 2.45) is 0 Å². The summed E-state index contributed by atoms with van der Waals surface area (Å²) in [5, 5.41) is 8.42. The molecule has 0 spiro atoms. The van der Waals surface area contributed by atoms with Gasteiger partial charge in [-0.25, -0.2) is 8.42 Å². The largest absolute Gasteiger partial charge is 0.361 e. The minimum Gasteiger partial charge on any atom is -0.361 e. The summed E-state index contributed by atoms with van der Waals surface area (Å²) in [5.74, 6) is 1.63. The fourth-order valence-electron chi connectivity index (χ4n) is 2.80. The summed E-state index contributed by atoms with van der Waals surface area (Å²) >= 11 is 0. The molecule has 0 radical (unpaired) electrons. The fourth-order valence-corrected chi connectivity index (χ4v) is 4.31. The van der Waals surface area contributed by atoms with Crippen molar-refractivity contribution in [2.75, 3.05) is 50.1 Å². The van der Waals surface area contributed by atoms with Gasteiger partial charge in [-0.3, -0.25) is 0 Å². The van der Waals surface area contributed by atoms with E-state index in [0.29, 0.717) is 26.2 Å². The summed E-state index contributed by atoms with van der Waals surface area (Å²) < 4.78 is 26.8. The molecule has 1 aromatic heterocycles. The van der Waals surface area contributed by atoms with E-state index in [2.05, 4.69) is 15.1 Å². The number of rotatable bonds is 5. The van der Waals surface area contributed by atoms with Crippen molar-refractivity contribution < 1.29 is 8.42 Å². The highest BCUT2D eigenvalue weighted by Gasteiger charge is 2.27. The second-order valence-corrected chi connectivity index (χ2v) is 8.24. The van der Waals surface area contributed by atoms with Crippen LogP contribution in [0, 0.1) is 0 Å². The Bertz CT molecular complexity index is 786. The number of anilines is 2. The van der Waals surface area contributed by atoms with Gasteiger partial charge in [0.05, 0.1) is 5.75 Å². The Kier molecular flexibility index (Phi) is 5.19. The zero-order chi connectivity index (χ0) is 17.9. The van der Waals surface area contributed by atoms with Crippen LogP contribution in [0.2, 0.25) is 0 Å². The Labute approximate surface area is 148 Å². The van der Waals surface area contributed by atoms with Crippen molar-refractivity contribution in [3.05, 3.63) is 48.0 Å². The van der Waals surface area contributed by atoms with Crippen molar-refractivity contribution in [3.63, 3.8) is 0 Å². The van der Waals surface area contributed by atoms with Crippen LogP contribution in [-0.4, -0.2) is 63.2 Å². The monoisotopic (exact) mass is 361 g/mol. The summed E-state index contributed by atoms with van der Waals surface area (Å²) in [6.45, 7) is 2.16. The molecular weight excluding hydrogens is 338 g/mol. The molecule has 25 heavy (non-hydrogen) atoms. The molecule has 0 aliphatic carbocycles. The molecule has 134 valence electrons. The molecule has 1 fully saturated rings. The van der Waals surface area contributed by atoms with Gasteiger partial charge in [-0.05, 0) is 17.7 Å². The maximum Gasteiger partial charge on any atom is 0.218 e. The molecule has 0 atom stereocenters. The average Bonchev–Trinajstić information content (AvgIpc) is 2.62. The third-order valence-corrected chi connectivity index (χ3v) is 6.09. The number of nitrogens with zero attached hydrogens (tertiary/aromatic N) is 5. The van der Waals surface area contributed by atoms with Gasteiger partial charge in [-0.1, -0.05) is 30.3 Å². The van der Waals surface area contributed by atoms with Gasteiger partial charge in [0.1, 0.15) is 0 Å². The Morgan fingerprint density at radius 3 is 2.20 bits per heavy atom. The smallest absolute Gasteiger partial charge is 0.218 e. The van der Waals surface area contributed by atoms with Crippen molar-refractivity contribution in [1.82, 2.24) is 14.5 Å². The van der Waals surface area contributed by atoms with E-state index >= 15 is 0 Å². The van der Waals surface area contributed by atoms with Gasteiger partial charge in [0, 0.05) is 40.3 Å². The van der Waals surface area contributed by atoms with Crippen molar-refractivity contribution in [1.29, 1.82) is 0 Å². The summed E-state index contributed by atoms with van der Waals surface area (Å²) in [6.07, 6.45) is 0. The summed E-state index contributed by atoms with van der Waals surface area (Å²) in [6, 6.07) is 13.1. The van der Waals surface area contributed by atoms with Crippen LogP contribution >= 0.6 is 0 Å². The first-order chi connectivity index (χ1) is 12.0. The normalized spacial score (nSPS) is 16.0. The van der Waals surface area contributed by atoms with E-state index in [1.807, 2.05) is 61.5 Å². The standard InChI is InChI=1S/C17H23N5O2S/c1-20(2)16-8-9-17(19-18-16)21-10-12-22(13-11-21)25(23,24)14-15-6-4-3-5-7-15/h3-9H,10-14H2,1-2H3. The molecule has 2 heterocycles. The molecule has 0 unspecified atom stereocenters. The van der Waals surface area contributed by atoms with Crippen LogP contribution in [0.5, 0.6) is 0 Å². The highest BCUT2D eigenvalue weighted by Crippen LogP contribution is 2.18. The first-order valence-electron chi connectivity index (χ1n) is 8.23.